The minimum Gasteiger partial charge on any atom is -0.389 e. The van der Waals surface area contributed by atoms with Crippen molar-refractivity contribution in [2.75, 3.05) is 19.6 Å². The molecule has 0 unspecified atom stereocenters. The third-order valence-electron chi connectivity index (χ3n) is 2.77. The molecule has 1 aliphatic rings. The molecule has 2 rings (SSSR count). The Morgan fingerprint density at radius 3 is 2.67 bits per heavy atom. The van der Waals surface area contributed by atoms with Crippen molar-refractivity contribution in [3.8, 4) is 0 Å². The Bertz CT molecular complexity index is 295. The molecule has 1 saturated heterocycles. The second-order valence-electron chi connectivity index (χ2n) is 4.01. The average molecular weight is 208 g/mol. The molecule has 2 heterocycles. The number of rotatable bonds is 3. The van der Waals surface area contributed by atoms with Gasteiger partial charge in [0.1, 0.15) is 0 Å². The summed E-state index contributed by atoms with van der Waals surface area (Å²) in [6.07, 6.45) is 3.35. The third-order valence-corrected chi connectivity index (χ3v) is 2.77. The molecular formula is C11H16N2O2. The fraction of sp³-hybridized carbons (Fsp3) is 0.545. The van der Waals surface area contributed by atoms with Gasteiger partial charge in [-0.3, -0.25) is 9.88 Å². The molecule has 0 amide bonds. The van der Waals surface area contributed by atoms with E-state index < -0.39 is 12.2 Å². The molecule has 1 aromatic heterocycles. The van der Waals surface area contributed by atoms with E-state index in [2.05, 4.69) is 9.88 Å². The number of pyridine rings is 1. The van der Waals surface area contributed by atoms with Crippen molar-refractivity contribution in [2.24, 2.45) is 0 Å². The van der Waals surface area contributed by atoms with Crippen LogP contribution in [-0.4, -0.2) is 51.9 Å². The standard InChI is InChI=1S/C11H16N2O2/c14-10-7-13(8-11(10)15)5-3-9-2-1-4-12-6-9/h1-2,4,6,10-11,14-15H,3,5,7-8H2/t10-,11+. The highest BCUT2D eigenvalue weighted by Gasteiger charge is 2.28. The van der Waals surface area contributed by atoms with Crippen LogP contribution in [0.2, 0.25) is 0 Å². The Hall–Kier alpha value is -0.970. The highest BCUT2D eigenvalue weighted by Crippen LogP contribution is 2.10. The lowest BCUT2D eigenvalue weighted by atomic mass is 10.2. The second-order valence-corrected chi connectivity index (χ2v) is 4.01. The molecule has 82 valence electrons. The number of likely N-dealkylation sites (tertiary alicyclic amines) is 1. The van der Waals surface area contributed by atoms with Gasteiger partial charge in [-0.15, -0.1) is 0 Å². The highest BCUT2D eigenvalue weighted by atomic mass is 16.3. The predicted octanol–water partition coefficient (Wildman–Crippen LogP) is -0.338. The van der Waals surface area contributed by atoms with Crippen LogP contribution >= 0.6 is 0 Å². The van der Waals surface area contributed by atoms with E-state index in [9.17, 15) is 10.2 Å². The van der Waals surface area contributed by atoms with Crippen molar-refractivity contribution < 1.29 is 10.2 Å². The van der Waals surface area contributed by atoms with E-state index in [-0.39, 0.29) is 0 Å². The van der Waals surface area contributed by atoms with Gasteiger partial charge in [0, 0.05) is 32.0 Å². The Kier molecular flexibility index (Phi) is 3.30. The summed E-state index contributed by atoms with van der Waals surface area (Å²) in [7, 11) is 0. The zero-order valence-corrected chi connectivity index (χ0v) is 8.58. The molecule has 0 aromatic carbocycles. The van der Waals surface area contributed by atoms with E-state index >= 15 is 0 Å². The number of aromatic nitrogens is 1. The first-order valence-corrected chi connectivity index (χ1v) is 5.23. The van der Waals surface area contributed by atoms with Crippen molar-refractivity contribution in [3.63, 3.8) is 0 Å². The summed E-state index contributed by atoms with van der Waals surface area (Å²) >= 11 is 0. The van der Waals surface area contributed by atoms with Crippen LogP contribution in [0.5, 0.6) is 0 Å². The first kappa shape index (κ1) is 10.5. The van der Waals surface area contributed by atoms with Gasteiger partial charge >= 0.3 is 0 Å². The van der Waals surface area contributed by atoms with E-state index in [0.29, 0.717) is 13.1 Å². The summed E-state index contributed by atoms with van der Waals surface area (Å²) in [5.74, 6) is 0. The van der Waals surface area contributed by atoms with Crippen molar-refractivity contribution in [3.05, 3.63) is 30.1 Å². The molecule has 1 aromatic rings. The van der Waals surface area contributed by atoms with Crippen LogP contribution in [0.15, 0.2) is 24.5 Å². The molecule has 15 heavy (non-hydrogen) atoms. The zero-order chi connectivity index (χ0) is 10.7. The van der Waals surface area contributed by atoms with Crippen LogP contribution in [0.3, 0.4) is 0 Å². The molecule has 4 nitrogen and oxygen atoms in total. The maximum Gasteiger partial charge on any atom is 0.0938 e. The monoisotopic (exact) mass is 208 g/mol. The Balaban J connectivity index is 1.80. The minimum absolute atomic E-state index is 0.571. The fourth-order valence-electron chi connectivity index (χ4n) is 1.86. The first-order valence-electron chi connectivity index (χ1n) is 5.23. The van der Waals surface area contributed by atoms with Crippen LogP contribution in [0, 0.1) is 0 Å². The lowest BCUT2D eigenvalue weighted by molar-refractivity contribution is 0.0572. The summed E-state index contributed by atoms with van der Waals surface area (Å²) in [6.45, 7) is 2.00. The topological polar surface area (TPSA) is 56.6 Å². The number of aliphatic hydroxyl groups excluding tert-OH is 2. The SMILES string of the molecule is O[C@@H]1CN(CCc2cccnc2)C[C@@H]1O. The number of β-amino-alcohol motifs (C(OH)–C–C–N with tert-alkyl or cyclic N) is 2. The molecule has 0 aliphatic carbocycles. The number of hydrogen-bond acceptors (Lipinski definition) is 4. The van der Waals surface area contributed by atoms with E-state index in [0.717, 1.165) is 13.0 Å². The summed E-state index contributed by atoms with van der Waals surface area (Å²) in [6, 6.07) is 3.96. The van der Waals surface area contributed by atoms with Gasteiger partial charge in [0.15, 0.2) is 0 Å². The quantitative estimate of drug-likeness (QED) is 0.713. The van der Waals surface area contributed by atoms with Crippen molar-refractivity contribution >= 4 is 0 Å². The maximum atomic E-state index is 9.36. The second kappa shape index (κ2) is 4.70. The van der Waals surface area contributed by atoms with Crippen LogP contribution in [0.25, 0.3) is 0 Å². The summed E-state index contributed by atoms with van der Waals surface area (Å²) in [5, 5.41) is 18.7. The normalized spacial score (nSPS) is 27.1. The lowest BCUT2D eigenvalue weighted by Gasteiger charge is -2.13. The first-order chi connectivity index (χ1) is 7.25. The Labute approximate surface area is 89.2 Å². The molecule has 2 N–H and O–H groups in total. The minimum atomic E-state index is -0.584. The number of hydrogen-bond donors (Lipinski definition) is 2. The van der Waals surface area contributed by atoms with Gasteiger partial charge in [-0.05, 0) is 18.1 Å². The molecule has 1 fully saturated rings. The zero-order valence-electron chi connectivity index (χ0n) is 8.58. The average Bonchev–Trinajstić information content (AvgIpc) is 2.57. The van der Waals surface area contributed by atoms with Gasteiger partial charge in [0.25, 0.3) is 0 Å². The molecule has 0 spiro atoms. The molecule has 2 atom stereocenters. The maximum absolute atomic E-state index is 9.36. The molecular weight excluding hydrogens is 192 g/mol. The smallest absolute Gasteiger partial charge is 0.0938 e. The predicted molar refractivity (Wildman–Crippen MR) is 56.4 cm³/mol. The summed E-state index contributed by atoms with van der Waals surface area (Å²) in [4.78, 5) is 6.11. The van der Waals surface area contributed by atoms with E-state index in [1.807, 2.05) is 18.3 Å². The lowest BCUT2D eigenvalue weighted by Crippen LogP contribution is -2.24. The van der Waals surface area contributed by atoms with Crippen LogP contribution in [-0.2, 0) is 6.42 Å². The highest BCUT2D eigenvalue weighted by molar-refractivity contribution is 5.08. The Morgan fingerprint density at radius 2 is 2.07 bits per heavy atom. The van der Waals surface area contributed by atoms with Crippen molar-refractivity contribution in [1.82, 2.24) is 9.88 Å². The van der Waals surface area contributed by atoms with E-state index in [4.69, 9.17) is 0 Å². The molecule has 0 radical (unpaired) electrons. The summed E-state index contributed by atoms with van der Waals surface area (Å²) < 4.78 is 0. The van der Waals surface area contributed by atoms with Gasteiger partial charge < -0.3 is 10.2 Å². The number of nitrogens with zero attached hydrogens (tertiary/aromatic N) is 2. The molecule has 4 heteroatoms. The number of aliphatic hydroxyl groups is 2. The van der Waals surface area contributed by atoms with Gasteiger partial charge in [-0.2, -0.15) is 0 Å². The van der Waals surface area contributed by atoms with E-state index in [1.165, 1.54) is 5.56 Å². The van der Waals surface area contributed by atoms with Crippen LogP contribution in [0.4, 0.5) is 0 Å². The summed E-state index contributed by atoms with van der Waals surface area (Å²) in [5.41, 5.74) is 1.19. The third kappa shape index (κ3) is 2.75. The molecule has 0 bridgehead atoms. The molecule has 0 saturated carbocycles. The van der Waals surface area contributed by atoms with Gasteiger partial charge in [-0.1, -0.05) is 6.07 Å². The van der Waals surface area contributed by atoms with Gasteiger partial charge in [0.05, 0.1) is 12.2 Å². The van der Waals surface area contributed by atoms with Crippen molar-refractivity contribution in [2.45, 2.75) is 18.6 Å². The van der Waals surface area contributed by atoms with Crippen molar-refractivity contribution in [1.29, 1.82) is 0 Å². The van der Waals surface area contributed by atoms with E-state index in [1.54, 1.807) is 6.20 Å². The largest absolute Gasteiger partial charge is 0.389 e. The van der Waals surface area contributed by atoms with Gasteiger partial charge in [0.2, 0.25) is 0 Å². The Morgan fingerprint density at radius 1 is 1.33 bits per heavy atom. The van der Waals surface area contributed by atoms with Gasteiger partial charge in [-0.25, -0.2) is 0 Å². The fourth-order valence-corrected chi connectivity index (χ4v) is 1.86. The molecule has 1 aliphatic heterocycles. The van der Waals surface area contributed by atoms with Crippen LogP contribution in [0.1, 0.15) is 5.56 Å². The van der Waals surface area contributed by atoms with Crippen LogP contribution < -0.4 is 0 Å².